The highest BCUT2D eigenvalue weighted by Gasteiger charge is 2.24. The van der Waals surface area contributed by atoms with E-state index < -0.39 is 10.0 Å². The predicted octanol–water partition coefficient (Wildman–Crippen LogP) is 2.17. The molecule has 0 saturated heterocycles. The fourth-order valence-corrected chi connectivity index (χ4v) is 3.89. The number of hydrogen-bond acceptors (Lipinski definition) is 3. The maximum absolute atomic E-state index is 12.7. The molecule has 0 amide bonds. The number of likely N-dealkylation sites (N-methyl/N-ethyl adjacent to an activating group) is 1. The first kappa shape index (κ1) is 16.9. The zero-order valence-corrected chi connectivity index (χ0v) is 13.3. The van der Waals surface area contributed by atoms with Gasteiger partial charge in [0, 0.05) is 19.6 Å². The average Bonchev–Trinajstić information content (AvgIpc) is 2.44. The SMILES string of the molecule is C=CCN(CC)S(=O)(=O)c1cc(CNC)ccc1CC. The van der Waals surface area contributed by atoms with Crippen molar-refractivity contribution in [3.8, 4) is 0 Å². The molecule has 0 aliphatic carbocycles. The largest absolute Gasteiger partial charge is 0.316 e. The molecule has 0 spiro atoms. The fraction of sp³-hybridized carbons (Fsp3) is 0.467. The molecule has 5 heteroatoms. The second kappa shape index (κ2) is 7.57. The average molecular weight is 296 g/mol. The Morgan fingerprint density at radius 1 is 1.35 bits per heavy atom. The summed E-state index contributed by atoms with van der Waals surface area (Å²) in [5.74, 6) is 0. The lowest BCUT2D eigenvalue weighted by atomic mass is 10.1. The van der Waals surface area contributed by atoms with Crippen molar-refractivity contribution < 1.29 is 8.42 Å². The van der Waals surface area contributed by atoms with E-state index in [1.807, 2.05) is 33.0 Å². The second-order valence-corrected chi connectivity index (χ2v) is 6.48. The van der Waals surface area contributed by atoms with Crippen LogP contribution in [0.3, 0.4) is 0 Å². The van der Waals surface area contributed by atoms with Gasteiger partial charge in [-0.1, -0.05) is 32.1 Å². The molecule has 0 aliphatic heterocycles. The van der Waals surface area contributed by atoms with E-state index in [2.05, 4.69) is 11.9 Å². The highest BCUT2D eigenvalue weighted by molar-refractivity contribution is 7.89. The van der Waals surface area contributed by atoms with E-state index in [-0.39, 0.29) is 0 Å². The molecule has 0 bridgehead atoms. The van der Waals surface area contributed by atoms with Crippen LogP contribution in [-0.2, 0) is 23.0 Å². The summed E-state index contributed by atoms with van der Waals surface area (Å²) in [6.07, 6.45) is 2.31. The van der Waals surface area contributed by atoms with E-state index in [1.165, 1.54) is 4.31 Å². The first-order valence-electron chi connectivity index (χ1n) is 6.88. The van der Waals surface area contributed by atoms with Crippen molar-refractivity contribution >= 4 is 10.0 Å². The van der Waals surface area contributed by atoms with E-state index in [0.29, 0.717) is 31.0 Å². The lowest BCUT2D eigenvalue weighted by Gasteiger charge is -2.21. The summed E-state index contributed by atoms with van der Waals surface area (Å²) in [5.41, 5.74) is 1.82. The van der Waals surface area contributed by atoms with Gasteiger partial charge in [0.25, 0.3) is 0 Å². The van der Waals surface area contributed by atoms with E-state index in [4.69, 9.17) is 0 Å². The minimum atomic E-state index is -3.46. The molecule has 0 atom stereocenters. The Morgan fingerprint density at radius 2 is 2.05 bits per heavy atom. The van der Waals surface area contributed by atoms with E-state index in [9.17, 15) is 8.42 Å². The molecule has 112 valence electrons. The van der Waals surface area contributed by atoms with Crippen molar-refractivity contribution in [2.75, 3.05) is 20.1 Å². The number of aryl methyl sites for hydroxylation is 1. The van der Waals surface area contributed by atoms with Crippen LogP contribution in [0.15, 0.2) is 35.7 Å². The number of hydrogen-bond donors (Lipinski definition) is 1. The van der Waals surface area contributed by atoms with Gasteiger partial charge in [-0.05, 0) is 30.7 Å². The van der Waals surface area contributed by atoms with Crippen LogP contribution >= 0.6 is 0 Å². The van der Waals surface area contributed by atoms with Gasteiger partial charge in [0.05, 0.1) is 4.90 Å². The van der Waals surface area contributed by atoms with Gasteiger partial charge in [-0.15, -0.1) is 6.58 Å². The van der Waals surface area contributed by atoms with E-state index >= 15 is 0 Å². The van der Waals surface area contributed by atoms with E-state index in [0.717, 1.165) is 11.1 Å². The molecule has 0 aliphatic rings. The van der Waals surface area contributed by atoms with Crippen LogP contribution in [0.1, 0.15) is 25.0 Å². The Hall–Kier alpha value is -1.17. The van der Waals surface area contributed by atoms with Crippen LogP contribution in [0, 0.1) is 0 Å². The Balaban J connectivity index is 3.33. The monoisotopic (exact) mass is 296 g/mol. The molecular formula is C15H24N2O2S. The molecule has 0 heterocycles. The van der Waals surface area contributed by atoms with Crippen molar-refractivity contribution in [2.45, 2.75) is 31.7 Å². The van der Waals surface area contributed by atoms with Crippen molar-refractivity contribution in [2.24, 2.45) is 0 Å². The summed E-state index contributed by atoms with van der Waals surface area (Å²) >= 11 is 0. The Morgan fingerprint density at radius 3 is 2.55 bits per heavy atom. The van der Waals surface area contributed by atoms with Gasteiger partial charge in [-0.3, -0.25) is 0 Å². The second-order valence-electron chi connectivity index (χ2n) is 4.57. The summed E-state index contributed by atoms with van der Waals surface area (Å²) in [6, 6.07) is 5.65. The zero-order chi connectivity index (χ0) is 15.2. The van der Waals surface area contributed by atoms with Crippen LogP contribution in [0.2, 0.25) is 0 Å². The molecule has 0 radical (unpaired) electrons. The van der Waals surface area contributed by atoms with Crippen LogP contribution < -0.4 is 5.32 Å². The third-order valence-electron chi connectivity index (χ3n) is 3.20. The zero-order valence-electron chi connectivity index (χ0n) is 12.5. The Labute approximate surface area is 122 Å². The summed E-state index contributed by atoms with van der Waals surface area (Å²) in [6.45, 7) is 8.86. The summed E-state index contributed by atoms with van der Waals surface area (Å²) in [7, 11) is -1.62. The molecule has 1 N–H and O–H groups in total. The van der Waals surface area contributed by atoms with Gasteiger partial charge < -0.3 is 5.32 Å². The quantitative estimate of drug-likeness (QED) is 0.748. The third kappa shape index (κ3) is 3.69. The summed E-state index contributed by atoms with van der Waals surface area (Å²) < 4.78 is 26.9. The molecule has 1 rings (SSSR count). The van der Waals surface area contributed by atoms with Gasteiger partial charge in [0.1, 0.15) is 0 Å². The van der Waals surface area contributed by atoms with Crippen LogP contribution in [-0.4, -0.2) is 32.9 Å². The molecule has 0 unspecified atom stereocenters. The van der Waals surface area contributed by atoms with Gasteiger partial charge in [0.2, 0.25) is 10.0 Å². The minimum absolute atomic E-state index is 0.332. The lowest BCUT2D eigenvalue weighted by molar-refractivity contribution is 0.459. The molecule has 20 heavy (non-hydrogen) atoms. The first-order chi connectivity index (χ1) is 9.51. The van der Waals surface area contributed by atoms with Gasteiger partial charge >= 0.3 is 0 Å². The standard InChI is InChI=1S/C15H24N2O2S/c1-5-10-17(7-3)20(18,19)15-11-13(12-16-4)8-9-14(15)6-2/h5,8-9,11,16H,1,6-7,10,12H2,2-4H3. The molecule has 0 saturated carbocycles. The number of rotatable bonds is 8. The molecule has 0 fully saturated rings. The number of sulfonamides is 1. The van der Waals surface area contributed by atoms with Crippen molar-refractivity contribution in [3.05, 3.63) is 42.0 Å². The lowest BCUT2D eigenvalue weighted by Crippen LogP contribution is -2.31. The van der Waals surface area contributed by atoms with Crippen LogP contribution in [0.4, 0.5) is 0 Å². The molecular weight excluding hydrogens is 272 g/mol. The number of nitrogens with one attached hydrogen (secondary N) is 1. The third-order valence-corrected chi connectivity index (χ3v) is 5.22. The van der Waals surface area contributed by atoms with Crippen LogP contribution in [0.5, 0.6) is 0 Å². The Kier molecular flexibility index (Phi) is 6.39. The predicted molar refractivity (Wildman–Crippen MR) is 83.2 cm³/mol. The molecule has 1 aromatic carbocycles. The van der Waals surface area contributed by atoms with Gasteiger partial charge in [0.15, 0.2) is 0 Å². The number of nitrogens with zero attached hydrogens (tertiary/aromatic N) is 1. The highest BCUT2D eigenvalue weighted by Crippen LogP contribution is 2.22. The maximum Gasteiger partial charge on any atom is 0.243 e. The minimum Gasteiger partial charge on any atom is -0.316 e. The van der Waals surface area contributed by atoms with Crippen molar-refractivity contribution in [3.63, 3.8) is 0 Å². The topological polar surface area (TPSA) is 49.4 Å². The summed E-state index contributed by atoms with van der Waals surface area (Å²) in [4.78, 5) is 0.413. The van der Waals surface area contributed by atoms with Gasteiger partial charge in [-0.2, -0.15) is 4.31 Å². The molecule has 4 nitrogen and oxygen atoms in total. The molecule has 0 aromatic heterocycles. The first-order valence-corrected chi connectivity index (χ1v) is 8.32. The van der Waals surface area contributed by atoms with Crippen molar-refractivity contribution in [1.82, 2.24) is 9.62 Å². The smallest absolute Gasteiger partial charge is 0.243 e. The highest BCUT2D eigenvalue weighted by atomic mass is 32.2. The molecule has 1 aromatic rings. The maximum atomic E-state index is 12.7. The van der Waals surface area contributed by atoms with E-state index in [1.54, 1.807) is 12.1 Å². The summed E-state index contributed by atoms with van der Waals surface area (Å²) in [5, 5.41) is 3.04. The number of benzene rings is 1. The Bertz CT molecular complexity index is 553. The normalized spacial score (nSPS) is 11.8. The van der Waals surface area contributed by atoms with Crippen molar-refractivity contribution in [1.29, 1.82) is 0 Å². The van der Waals surface area contributed by atoms with Gasteiger partial charge in [-0.25, -0.2) is 8.42 Å². The van der Waals surface area contributed by atoms with Crippen LogP contribution in [0.25, 0.3) is 0 Å². The fourth-order valence-electron chi connectivity index (χ4n) is 2.13.